The predicted molar refractivity (Wildman–Crippen MR) is 91.9 cm³/mol. The number of nitrogens with one attached hydrogen (secondary N) is 2. The molecule has 0 fully saturated rings. The Labute approximate surface area is 137 Å². The third-order valence-electron chi connectivity index (χ3n) is 3.76. The molecule has 124 valence electrons. The van der Waals surface area contributed by atoms with E-state index >= 15 is 0 Å². The van der Waals surface area contributed by atoms with Crippen LogP contribution in [0.5, 0.6) is 0 Å². The summed E-state index contributed by atoms with van der Waals surface area (Å²) in [5.41, 5.74) is 3.73. The van der Waals surface area contributed by atoms with E-state index in [1.54, 1.807) is 0 Å². The minimum atomic E-state index is -0.0400. The lowest BCUT2D eigenvalue weighted by molar-refractivity contribution is 0.0954. The van der Waals surface area contributed by atoms with Crippen LogP contribution in [0.3, 0.4) is 0 Å². The first-order chi connectivity index (χ1) is 10.9. The van der Waals surface area contributed by atoms with Gasteiger partial charge in [0.2, 0.25) is 0 Å². The molecule has 0 unspecified atom stereocenters. The van der Waals surface area contributed by atoms with Gasteiger partial charge in [-0.25, -0.2) is 0 Å². The highest BCUT2D eigenvalue weighted by Gasteiger charge is 2.16. The number of rotatable bonds is 6. The average molecular weight is 315 g/mol. The largest absolute Gasteiger partial charge is 0.367 e. The van der Waals surface area contributed by atoms with Crippen molar-refractivity contribution in [2.75, 3.05) is 18.4 Å². The van der Waals surface area contributed by atoms with Gasteiger partial charge in [0.1, 0.15) is 5.82 Å². The number of hydrogen-bond acceptors (Lipinski definition) is 4. The summed E-state index contributed by atoms with van der Waals surface area (Å²) >= 11 is 0. The molecule has 0 aliphatic heterocycles. The highest BCUT2D eigenvalue weighted by atomic mass is 16.1. The van der Waals surface area contributed by atoms with Gasteiger partial charge in [-0.2, -0.15) is 5.10 Å². The molecule has 23 heavy (non-hydrogen) atoms. The summed E-state index contributed by atoms with van der Waals surface area (Å²) in [5, 5.41) is 14.1. The molecule has 2 rings (SSSR count). The van der Waals surface area contributed by atoms with Crippen molar-refractivity contribution in [1.82, 2.24) is 20.1 Å². The van der Waals surface area contributed by atoms with E-state index in [1.165, 1.54) is 0 Å². The summed E-state index contributed by atoms with van der Waals surface area (Å²) in [4.78, 5) is 12.3. The van der Waals surface area contributed by atoms with Gasteiger partial charge in [-0.3, -0.25) is 4.79 Å². The highest BCUT2D eigenvalue weighted by molar-refractivity contribution is 5.95. The van der Waals surface area contributed by atoms with Gasteiger partial charge in [-0.15, -0.1) is 5.10 Å². The molecule has 2 heterocycles. The summed E-state index contributed by atoms with van der Waals surface area (Å²) in [5.74, 6) is 0.671. The number of amides is 1. The third kappa shape index (κ3) is 4.09. The molecule has 2 N–H and O–H groups in total. The molecule has 2 aromatic heterocycles. The second kappa shape index (κ2) is 7.26. The predicted octanol–water partition coefficient (Wildman–Crippen LogP) is 2.63. The van der Waals surface area contributed by atoms with Crippen molar-refractivity contribution in [2.24, 2.45) is 0 Å². The molecule has 0 aliphatic carbocycles. The number of nitrogens with zero attached hydrogens (tertiary/aromatic N) is 3. The molecule has 0 aromatic carbocycles. The second-order valence-electron chi connectivity index (χ2n) is 5.99. The van der Waals surface area contributed by atoms with Crippen molar-refractivity contribution in [2.45, 2.75) is 40.7 Å². The zero-order chi connectivity index (χ0) is 17.0. The maximum atomic E-state index is 12.3. The molecule has 6 nitrogen and oxygen atoms in total. The van der Waals surface area contributed by atoms with Gasteiger partial charge >= 0.3 is 0 Å². The lowest BCUT2D eigenvalue weighted by atomic mass is 10.2. The van der Waals surface area contributed by atoms with Gasteiger partial charge in [0.25, 0.3) is 5.91 Å². The van der Waals surface area contributed by atoms with Crippen LogP contribution in [0.4, 0.5) is 5.82 Å². The van der Waals surface area contributed by atoms with Crippen molar-refractivity contribution in [3.05, 3.63) is 40.8 Å². The number of carbonyl (C=O) groups excluding carboxylic acids is 1. The monoisotopic (exact) mass is 315 g/mol. The molecule has 0 bridgehead atoms. The molecular weight excluding hydrogens is 290 g/mol. The van der Waals surface area contributed by atoms with Crippen molar-refractivity contribution in [1.29, 1.82) is 0 Å². The van der Waals surface area contributed by atoms with E-state index in [0.717, 1.165) is 22.6 Å². The first-order valence-corrected chi connectivity index (χ1v) is 7.91. The van der Waals surface area contributed by atoms with Crippen molar-refractivity contribution in [3.63, 3.8) is 0 Å². The van der Waals surface area contributed by atoms with Gasteiger partial charge in [0.15, 0.2) is 0 Å². The van der Waals surface area contributed by atoms with E-state index in [-0.39, 0.29) is 5.91 Å². The van der Waals surface area contributed by atoms with Crippen LogP contribution in [-0.4, -0.2) is 33.8 Å². The quantitative estimate of drug-likeness (QED) is 0.804. The molecule has 0 spiro atoms. The molecule has 0 saturated heterocycles. The van der Waals surface area contributed by atoms with Gasteiger partial charge < -0.3 is 15.2 Å². The molecule has 6 heteroatoms. The fourth-order valence-corrected chi connectivity index (χ4v) is 2.76. The first-order valence-electron chi connectivity index (χ1n) is 7.91. The van der Waals surface area contributed by atoms with Crippen molar-refractivity contribution >= 4 is 11.7 Å². The van der Waals surface area contributed by atoms with Crippen LogP contribution in [0.15, 0.2) is 18.2 Å². The van der Waals surface area contributed by atoms with Gasteiger partial charge in [0.05, 0.1) is 11.3 Å². The van der Waals surface area contributed by atoms with Gasteiger partial charge in [-0.05, 0) is 52.8 Å². The van der Waals surface area contributed by atoms with E-state index < -0.39 is 0 Å². The molecule has 0 atom stereocenters. The summed E-state index contributed by atoms with van der Waals surface area (Å²) in [7, 11) is 0. The summed E-state index contributed by atoms with van der Waals surface area (Å²) < 4.78 is 2.18. The average Bonchev–Trinajstić information content (AvgIpc) is 2.80. The Morgan fingerprint density at radius 3 is 2.48 bits per heavy atom. The summed E-state index contributed by atoms with van der Waals surface area (Å²) in [6.45, 7) is 11.3. The Hall–Kier alpha value is -2.37. The Morgan fingerprint density at radius 1 is 1.17 bits per heavy atom. The van der Waals surface area contributed by atoms with Crippen LogP contribution in [0.1, 0.15) is 47.3 Å². The Balaban J connectivity index is 1.88. The second-order valence-corrected chi connectivity index (χ2v) is 5.99. The highest BCUT2D eigenvalue weighted by Crippen LogP contribution is 2.19. The van der Waals surface area contributed by atoms with Crippen LogP contribution >= 0.6 is 0 Å². The molecule has 2 aromatic rings. The van der Waals surface area contributed by atoms with E-state index in [4.69, 9.17) is 0 Å². The molecule has 0 saturated carbocycles. The molecule has 1 amide bonds. The lowest BCUT2D eigenvalue weighted by Gasteiger charge is -2.13. The van der Waals surface area contributed by atoms with Crippen LogP contribution in [0.25, 0.3) is 0 Å². The third-order valence-corrected chi connectivity index (χ3v) is 3.76. The van der Waals surface area contributed by atoms with E-state index in [0.29, 0.717) is 24.9 Å². The summed E-state index contributed by atoms with van der Waals surface area (Å²) in [6.07, 6.45) is 0. The van der Waals surface area contributed by atoms with E-state index in [1.807, 2.05) is 39.0 Å². The summed E-state index contributed by atoms with van der Waals surface area (Å²) in [6, 6.07) is 6.07. The maximum absolute atomic E-state index is 12.3. The fourth-order valence-electron chi connectivity index (χ4n) is 2.76. The molecule has 0 radical (unpaired) electrons. The van der Waals surface area contributed by atoms with Crippen molar-refractivity contribution < 1.29 is 4.79 Å². The zero-order valence-corrected chi connectivity index (χ0v) is 14.5. The maximum Gasteiger partial charge on any atom is 0.253 e. The van der Waals surface area contributed by atoms with Gasteiger partial charge in [0, 0.05) is 30.5 Å². The number of carbonyl (C=O) groups is 1. The van der Waals surface area contributed by atoms with Crippen LogP contribution in [0.2, 0.25) is 0 Å². The number of hydrogen-bond donors (Lipinski definition) is 2. The first kappa shape index (κ1) is 17.0. The van der Waals surface area contributed by atoms with E-state index in [9.17, 15) is 4.79 Å². The topological polar surface area (TPSA) is 71.8 Å². The normalized spacial score (nSPS) is 10.9. The van der Waals surface area contributed by atoms with Gasteiger partial charge in [-0.1, -0.05) is 0 Å². The lowest BCUT2D eigenvalue weighted by Crippen LogP contribution is -2.29. The number of anilines is 1. The Kier molecular flexibility index (Phi) is 5.36. The minimum Gasteiger partial charge on any atom is -0.367 e. The molecule has 0 aliphatic rings. The smallest absolute Gasteiger partial charge is 0.253 e. The van der Waals surface area contributed by atoms with Crippen LogP contribution < -0.4 is 10.6 Å². The SMILES string of the molecule is Cc1ccc(NCCNC(=O)c2cc(C)n(C(C)C)c2C)nn1. The Bertz CT molecular complexity index is 673. The zero-order valence-electron chi connectivity index (χ0n) is 14.5. The van der Waals surface area contributed by atoms with E-state index in [2.05, 4.69) is 39.2 Å². The standard InChI is InChI=1S/C17H25N5O/c1-11(2)22-13(4)10-15(14(22)5)17(23)19-9-8-18-16-7-6-12(3)20-21-16/h6-7,10-11H,8-9H2,1-5H3,(H,18,21)(H,19,23). The number of aryl methyl sites for hydroxylation is 2. The minimum absolute atomic E-state index is 0.0400. The Morgan fingerprint density at radius 2 is 1.91 bits per heavy atom. The van der Waals surface area contributed by atoms with Crippen LogP contribution in [0, 0.1) is 20.8 Å². The van der Waals surface area contributed by atoms with Crippen LogP contribution in [-0.2, 0) is 0 Å². The molecular formula is C17H25N5O. The van der Waals surface area contributed by atoms with Crippen molar-refractivity contribution in [3.8, 4) is 0 Å². The fraction of sp³-hybridized carbons (Fsp3) is 0.471. The number of aromatic nitrogens is 3.